The van der Waals surface area contributed by atoms with E-state index in [0.717, 1.165) is 11.5 Å². The van der Waals surface area contributed by atoms with Crippen molar-refractivity contribution in [2.24, 2.45) is 11.3 Å². The Balaban J connectivity index is 1.89. The quantitative estimate of drug-likeness (QED) is 0.915. The monoisotopic (exact) mass is 275 g/mol. The van der Waals surface area contributed by atoms with Gasteiger partial charge < -0.3 is 14.8 Å². The summed E-state index contributed by atoms with van der Waals surface area (Å²) in [5.41, 5.74) is 1.72. The lowest BCUT2D eigenvalue weighted by Gasteiger charge is -2.34. The van der Waals surface area contributed by atoms with Gasteiger partial charge in [-0.3, -0.25) is 0 Å². The fourth-order valence-electron chi connectivity index (χ4n) is 3.83. The van der Waals surface area contributed by atoms with Crippen molar-refractivity contribution in [1.29, 1.82) is 0 Å². The molecule has 0 radical (unpaired) electrons. The topological polar surface area (TPSA) is 30.5 Å². The lowest BCUT2D eigenvalue weighted by molar-refractivity contribution is 0.170. The van der Waals surface area contributed by atoms with Gasteiger partial charge in [-0.25, -0.2) is 0 Å². The maximum absolute atomic E-state index is 5.72. The molecular weight excluding hydrogens is 250 g/mol. The standard InChI is InChI=1S/C17H25NO2/c1-17(2)8-4-5-13(17)16(18-3)12-6-7-14-15(11-12)20-10-9-19-14/h6-7,11,13,16,18H,4-5,8-10H2,1-3H3. The van der Waals surface area contributed by atoms with Gasteiger partial charge in [0.1, 0.15) is 13.2 Å². The zero-order valence-electron chi connectivity index (χ0n) is 12.7. The zero-order chi connectivity index (χ0) is 14.2. The molecule has 2 unspecified atom stereocenters. The van der Waals surface area contributed by atoms with Crippen LogP contribution in [-0.2, 0) is 0 Å². The predicted molar refractivity (Wildman–Crippen MR) is 80.4 cm³/mol. The largest absolute Gasteiger partial charge is 0.486 e. The normalized spacial score (nSPS) is 25.4. The van der Waals surface area contributed by atoms with Crippen LogP contribution in [0.15, 0.2) is 18.2 Å². The van der Waals surface area contributed by atoms with Crippen molar-refractivity contribution in [3.8, 4) is 11.5 Å². The first-order chi connectivity index (χ1) is 9.62. The van der Waals surface area contributed by atoms with E-state index in [-0.39, 0.29) is 0 Å². The molecule has 110 valence electrons. The molecule has 1 fully saturated rings. The van der Waals surface area contributed by atoms with Crippen LogP contribution in [0.25, 0.3) is 0 Å². The van der Waals surface area contributed by atoms with E-state index in [9.17, 15) is 0 Å². The van der Waals surface area contributed by atoms with E-state index >= 15 is 0 Å². The molecule has 0 amide bonds. The summed E-state index contributed by atoms with van der Waals surface area (Å²) >= 11 is 0. The van der Waals surface area contributed by atoms with Gasteiger partial charge in [0.05, 0.1) is 0 Å². The Bertz CT molecular complexity index is 484. The SMILES string of the molecule is CNC(c1ccc2c(c1)OCCO2)C1CCCC1(C)C. The molecule has 1 aliphatic heterocycles. The van der Waals surface area contributed by atoms with Gasteiger partial charge in [-0.05, 0) is 48.9 Å². The molecule has 1 aromatic rings. The predicted octanol–water partition coefficient (Wildman–Crippen LogP) is 3.54. The zero-order valence-corrected chi connectivity index (χ0v) is 12.7. The molecular formula is C17H25NO2. The summed E-state index contributed by atoms with van der Waals surface area (Å²) in [6.07, 6.45) is 3.95. The van der Waals surface area contributed by atoms with Gasteiger partial charge in [0, 0.05) is 6.04 Å². The van der Waals surface area contributed by atoms with Gasteiger partial charge in [0.2, 0.25) is 0 Å². The van der Waals surface area contributed by atoms with Gasteiger partial charge in [-0.1, -0.05) is 26.3 Å². The van der Waals surface area contributed by atoms with Crippen LogP contribution in [0.2, 0.25) is 0 Å². The summed E-state index contributed by atoms with van der Waals surface area (Å²) in [7, 11) is 2.07. The van der Waals surface area contributed by atoms with E-state index < -0.39 is 0 Å². The Morgan fingerprint density at radius 2 is 1.95 bits per heavy atom. The average Bonchev–Trinajstić information content (AvgIpc) is 2.79. The second-order valence-corrected chi connectivity index (χ2v) is 6.66. The van der Waals surface area contributed by atoms with Crippen LogP contribution in [0.5, 0.6) is 11.5 Å². The lowest BCUT2D eigenvalue weighted by atomic mass is 9.75. The van der Waals surface area contributed by atoms with Crippen LogP contribution in [-0.4, -0.2) is 20.3 Å². The highest BCUT2D eigenvalue weighted by molar-refractivity contribution is 5.45. The van der Waals surface area contributed by atoms with E-state index in [1.54, 1.807) is 0 Å². The van der Waals surface area contributed by atoms with Crippen molar-refractivity contribution < 1.29 is 9.47 Å². The fourth-order valence-corrected chi connectivity index (χ4v) is 3.83. The summed E-state index contributed by atoms with van der Waals surface area (Å²) in [5.74, 6) is 2.44. The van der Waals surface area contributed by atoms with Crippen LogP contribution in [0.1, 0.15) is 44.7 Å². The molecule has 2 atom stereocenters. The van der Waals surface area contributed by atoms with Gasteiger partial charge in [-0.15, -0.1) is 0 Å². The van der Waals surface area contributed by atoms with E-state index in [1.165, 1.54) is 24.8 Å². The minimum Gasteiger partial charge on any atom is -0.486 e. The number of hydrogen-bond donors (Lipinski definition) is 1. The van der Waals surface area contributed by atoms with Gasteiger partial charge >= 0.3 is 0 Å². The van der Waals surface area contributed by atoms with Crippen molar-refractivity contribution in [3.63, 3.8) is 0 Å². The van der Waals surface area contributed by atoms with E-state index in [0.29, 0.717) is 30.6 Å². The first-order valence-corrected chi connectivity index (χ1v) is 7.68. The molecule has 3 nitrogen and oxygen atoms in total. The average molecular weight is 275 g/mol. The summed E-state index contributed by atoms with van der Waals surface area (Å²) < 4.78 is 11.3. The third-order valence-corrected chi connectivity index (χ3v) is 4.98. The Morgan fingerprint density at radius 3 is 2.60 bits per heavy atom. The van der Waals surface area contributed by atoms with Gasteiger partial charge in [0.15, 0.2) is 11.5 Å². The molecule has 1 heterocycles. The molecule has 1 aliphatic carbocycles. The highest BCUT2D eigenvalue weighted by Gasteiger charge is 2.39. The summed E-state index contributed by atoms with van der Waals surface area (Å²) in [5, 5.41) is 3.53. The molecule has 0 saturated heterocycles. The third kappa shape index (κ3) is 2.39. The van der Waals surface area contributed by atoms with Crippen molar-refractivity contribution in [2.45, 2.75) is 39.2 Å². The van der Waals surface area contributed by atoms with Gasteiger partial charge in [-0.2, -0.15) is 0 Å². The lowest BCUT2D eigenvalue weighted by Crippen LogP contribution is -2.32. The summed E-state index contributed by atoms with van der Waals surface area (Å²) in [4.78, 5) is 0. The number of rotatable bonds is 3. The Labute approximate surface area is 121 Å². The number of fused-ring (bicyclic) bond motifs is 1. The van der Waals surface area contributed by atoms with E-state index in [1.807, 2.05) is 0 Å². The van der Waals surface area contributed by atoms with Crippen molar-refractivity contribution >= 4 is 0 Å². The second kappa shape index (κ2) is 5.28. The minimum absolute atomic E-state index is 0.392. The Morgan fingerprint density at radius 1 is 1.20 bits per heavy atom. The van der Waals surface area contributed by atoms with Crippen LogP contribution in [0.4, 0.5) is 0 Å². The molecule has 1 N–H and O–H groups in total. The van der Waals surface area contributed by atoms with Crippen LogP contribution in [0.3, 0.4) is 0 Å². The highest BCUT2D eigenvalue weighted by Crippen LogP contribution is 2.49. The van der Waals surface area contributed by atoms with Gasteiger partial charge in [0.25, 0.3) is 0 Å². The molecule has 3 rings (SSSR count). The summed E-state index contributed by atoms with van der Waals surface area (Å²) in [6, 6.07) is 6.78. The molecule has 3 heteroatoms. The first kappa shape index (κ1) is 13.7. The Kier molecular flexibility index (Phi) is 3.63. The number of ether oxygens (including phenoxy) is 2. The van der Waals surface area contributed by atoms with E-state index in [4.69, 9.17) is 9.47 Å². The molecule has 1 saturated carbocycles. The van der Waals surface area contributed by atoms with Crippen LogP contribution in [0, 0.1) is 11.3 Å². The molecule has 20 heavy (non-hydrogen) atoms. The molecule has 1 aromatic carbocycles. The van der Waals surface area contributed by atoms with Crippen LogP contribution >= 0.6 is 0 Å². The number of hydrogen-bond acceptors (Lipinski definition) is 3. The van der Waals surface area contributed by atoms with Crippen molar-refractivity contribution in [2.75, 3.05) is 20.3 Å². The minimum atomic E-state index is 0.392. The third-order valence-electron chi connectivity index (χ3n) is 4.98. The summed E-state index contributed by atoms with van der Waals surface area (Å²) in [6.45, 7) is 6.09. The first-order valence-electron chi connectivity index (χ1n) is 7.68. The highest BCUT2D eigenvalue weighted by atomic mass is 16.6. The maximum atomic E-state index is 5.72. The fraction of sp³-hybridized carbons (Fsp3) is 0.647. The van der Waals surface area contributed by atoms with Crippen LogP contribution < -0.4 is 14.8 Å². The van der Waals surface area contributed by atoms with Crippen molar-refractivity contribution in [1.82, 2.24) is 5.32 Å². The smallest absolute Gasteiger partial charge is 0.161 e. The number of benzene rings is 1. The molecule has 0 aromatic heterocycles. The Hall–Kier alpha value is -1.22. The second-order valence-electron chi connectivity index (χ2n) is 6.66. The molecule has 0 bridgehead atoms. The maximum Gasteiger partial charge on any atom is 0.161 e. The van der Waals surface area contributed by atoms with E-state index in [2.05, 4.69) is 44.4 Å². The molecule has 0 spiro atoms. The number of nitrogens with one attached hydrogen (secondary N) is 1. The van der Waals surface area contributed by atoms with Crippen molar-refractivity contribution in [3.05, 3.63) is 23.8 Å². The molecule has 2 aliphatic rings.